The van der Waals surface area contributed by atoms with Crippen molar-refractivity contribution in [3.63, 3.8) is 0 Å². The van der Waals surface area contributed by atoms with Crippen molar-refractivity contribution in [3.05, 3.63) is 6.33 Å². The van der Waals surface area contributed by atoms with Crippen LogP contribution in [0.25, 0.3) is 0 Å². The van der Waals surface area contributed by atoms with Crippen LogP contribution in [0.5, 0.6) is 0 Å². The molecule has 2 heterocycles. The average Bonchev–Trinajstić information content (AvgIpc) is 2.79. The number of rotatable bonds is 3. The fourth-order valence-electron chi connectivity index (χ4n) is 3.59. The van der Waals surface area contributed by atoms with Gasteiger partial charge in [-0.1, -0.05) is 32.6 Å². The fraction of sp³-hybridized carbons (Fsp3) is 0.765. The van der Waals surface area contributed by atoms with Gasteiger partial charge in [0.15, 0.2) is 11.6 Å². The molecular formula is C17H29N5. The number of hydrogen-bond donors (Lipinski definition) is 2. The summed E-state index contributed by atoms with van der Waals surface area (Å²) < 4.78 is 0. The fourth-order valence-corrected chi connectivity index (χ4v) is 3.59. The van der Waals surface area contributed by atoms with Gasteiger partial charge in [-0.2, -0.15) is 0 Å². The molecule has 5 heteroatoms. The molecule has 5 nitrogen and oxygen atoms in total. The molecule has 0 radical (unpaired) electrons. The number of nitrogens with zero attached hydrogens (tertiary/aromatic N) is 3. The molecule has 2 aliphatic rings. The molecule has 2 fully saturated rings. The lowest BCUT2D eigenvalue weighted by Gasteiger charge is -2.32. The van der Waals surface area contributed by atoms with Crippen LogP contribution in [0.15, 0.2) is 6.33 Å². The lowest BCUT2D eigenvalue weighted by Crippen LogP contribution is -2.34. The highest BCUT2D eigenvalue weighted by molar-refractivity contribution is 5.75. The van der Waals surface area contributed by atoms with Gasteiger partial charge in [-0.3, -0.25) is 0 Å². The summed E-state index contributed by atoms with van der Waals surface area (Å²) in [6.45, 7) is 4.41. The molecule has 1 saturated carbocycles. The van der Waals surface area contributed by atoms with Crippen LogP contribution in [0.1, 0.15) is 58.3 Å². The Morgan fingerprint density at radius 2 is 1.73 bits per heavy atom. The van der Waals surface area contributed by atoms with Crippen LogP contribution in [0.3, 0.4) is 0 Å². The topological polar surface area (TPSA) is 67.1 Å². The van der Waals surface area contributed by atoms with Gasteiger partial charge in [0.2, 0.25) is 0 Å². The minimum atomic E-state index is 0.508. The van der Waals surface area contributed by atoms with Gasteiger partial charge in [-0.15, -0.1) is 0 Å². The van der Waals surface area contributed by atoms with Gasteiger partial charge < -0.3 is 16.0 Å². The molecule has 1 saturated heterocycles. The van der Waals surface area contributed by atoms with Crippen molar-refractivity contribution in [2.45, 2.75) is 64.3 Å². The van der Waals surface area contributed by atoms with Crippen LogP contribution >= 0.6 is 0 Å². The highest BCUT2D eigenvalue weighted by Gasteiger charge is 2.21. The normalized spacial score (nSPS) is 21.6. The molecule has 22 heavy (non-hydrogen) atoms. The predicted octanol–water partition coefficient (Wildman–Crippen LogP) is 3.43. The van der Waals surface area contributed by atoms with Gasteiger partial charge in [-0.25, -0.2) is 9.97 Å². The van der Waals surface area contributed by atoms with E-state index in [1.807, 2.05) is 0 Å². The highest BCUT2D eigenvalue weighted by atomic mass is 15.2. The van der Waals surface area contributed by atoms with E-state index in [1.54, 1.807) is 6.33 Å². The van der Waals surface area contributed by atoms with Gasteiger partial charge in [0.25, 0.3) is 0 Å². The van der Waals surface area contributed by atoms with E-state index >= 15 is 0 Å². The first-order chi connectivity index (χ1) is 10.7. The maximum atomic E-state index is 6.38. The second-order valence-corrected chi connectivity index (χ2v) is 6.96. The number of nitrogens with one attached hydrogen (secondary N) is 1. The number of nitrogen functional groups attached to an aromatic ring is 1. The molecule has 0 spiro atoms. The standard InChI is InChI=1S/C17H29N5/c1-13-8-10-22(11-9-13)17-15(18)16(19-12-20-17)21-14-6-4-2-3-5-7-14/h12-14H,2-11,18H2,1H3,(H,19,20,21). The van der Waals surface area contributed by atoms with E-state index in [0.29, 0.717) is 6.04 Å². The first-order valence-corrected chi connectivity index (χ1v) is 8.86. The van der Waals surface area contributed by atoms with Crippen LogP contribution in [0.4, 0.5) is 17.3 Å². The molecule has 0 amide bonds. The summed E-state index contributed by atoms with van der Waals surface area (Å²) in [5.74, 6) is 2.55. The number of hydrogen-bond acceptors (Lipinski definition) is 5. The predicted molar refractivity (Wildman–Crippen MR) is 92.2 cm³/mol. The van der Waals surface area contributed by atoms with Crippen molar-refractivity contribution in [1.29, 1.82) is 0 Å². The number of piperidine rings is 1. The van der Waals surface area contributed by atoms with E-state index < -0.39 is 0 Å². The van der Waals surface area contributed by atoms with Crippen molar-refractivity contribution in [3.8, 4) is 0 Å². The van der Waals surface area contributed by atoms with E-state index in [-0.39, 0.29) is 0 Å². The van der Waals surface area contributed by atoms with Crippen LogP contribution in [-0.4, -0.2) is 29.1 Å². The largest absolute Gasteiger partial charge is 0.393 e. The Hall–Kier alpha value is -1.52. The first-order valence-electron chi connectivity index (χ1n) is 8.86. The third kappa shape index (κ3) is 3.62. The zero-order valence-electron chi connectivity index (χ0n) is 13.7. The van der Waals surface area contributed by atoms with E-state index in [2.05, 4.69) is 27.1 Å². The Labute approximate surface area is 133 Å². The van der Waals surface area contributed by atoms with Gasteiger partial charge >= 0.3 is 0 Å². The van der Waals surface area contributed by atoms with Gasteiger partial charge in [0.05, 0.1) is 0 Å². The summed E-state index contributed by atoms with van der Waals surface area (Å²) in [6.07, 6.45) is 11.9. The molecule has 122 valence electrons. The summed E-state index contributed by atoms with van der Waals surface area (Å²) in [5, 5.41) is 3.57. The average molecular weight is 303 g/mol. The molecule has 1 aromatic heterocycles. The molecule has 0 aromatic carbocycles. The Morgan fingerprint density at radius 3 is 2.41 bits per heavy atom. The molecule has 3 N–H and O–H groups in total. The molecule has 0 unspecified atom stereocenters. The maximum Gasteiger partial charge on any atom is 0.157 e. The summed E-state index contributed by atoms with van der Waals surface area (Å²) in [4.78, 5) is 11.2. The summed E-state index contributed by atoms with van der Waals surface area (Å²) in [7, 11) is 0. The molecule has 1 aliphatic heterocycles. The third-order valence-electron chi connectivity index (χ3n) is 5.14. The zero-order chi connectivity index (χ0) is 15.4. The Balaban J connectivity index is 1.71. The van der Waals surface area contributed by atoms with Crippen LogP contribution in [-0.2, 0) is 0 Å². The SMILES string of the molecule is CC1CCN(c2ncnc(NC3CCCCCC3)c2N)CC1. The minimum Gasteiger partial charge on any atom is -0.393 e. The Kier molecular flexibility index (Phi) is 5.01. The second kappa shape index (κ2) is 7.16. The van der Waals surface area contributed by atoms with E-state index in [0.717, 1.165) is 36.3 Å². The van der Waals surface area contributed by atoms with Crippen LogP contribution in [0.2, 0.25) is 0 Å². The van der Waals surface area contributed by atoms with Crippen LogP contribution in [0, 0.1) is 5.92 Å². The van der Waals surface area contributed by atoms with E-state index in [9.17, 15) is 0 Å². The lowest BCUT2D eigenvalue weighted by molar-refractivity contribution is 0.437. The summed E-state index contributed by atoms with van der Waals surface area (Å²) in [6, 6.07) is 0.508. The number of anilines is 3. The van der Waals surface area contributed by atoms with Gasteiger partial charge in [-0.05, 0) is 31.6 Å². The maximum absolute atomic E-state index is 6.38. The van der Waals surface area contributed by atoms with Crippen molar-refractivity contribution in [2.24, 2.45) is 5.92 Å². The lowest BCUT2D eigenvalue weighted by atomic mass is 9.99. The van der Waals surface area contributed by atoms with Gasteiger partial charge in [0, 0.05) is 19.1 Å². The van der Waals surface area contributed by atoms with Crippen molar-refractivity contribution < 1.29 is 0 Å². The Morgan fingerprint density at radius 1 is 1.05 bits per heavy atom. The molecule has 3 rings (SSSR count). The third-order valence-corrected chi connectivity index (χ3v) is 5.14. The summed E-state index contributed by atoms with van der Waals surface area (Å²) in [5.41, 5.74) is 7.10. The first kappa shape index (κ1) is 15.4. The van der Waals surface area contributed by atoms with E-state index in [1.165, 1.54) is 51.4 Å². The molecule has 1 aromatic rings. The van der Waals surface area contributed by atoms with Crippen molar-refractivity contribution in [2.75, 3.05) is 29.0 Å². The Bertz CT molecular complexity index is 474. The van der Waals surface area contributed by atoms with Crippen LogP contribution < -0.4 is 16.0 Å². The smallest absolute Gasteiger partial charge is 0.157 e. The summed E-state index contributed by atoms with van der Waals surface area (Å²) >= 11 is 0. The monoisotopic (exact) mass is 303 g/mol. The number of nitrogens with two attached hydrogens (primary N) is 1. The molecule has 1 aliphatic carbocycles. The second-order valence-electron chi connectivity index (χ2n) is 6.96. The van der Waals surface area contributed by atoms with E-state index in [4.69, 9.17) is 5.73 Å². The quantitative estimate of drug-likeness (QED) is 0.837. The van der Waals surface area contributed by atoms with Crippen molar-refractivity contribution in [1.82, 2.24) is 9.97 Å². The molecule has 0 bridgehead atoms. The zero-order valence-corrected chi connectivity index (χ0v) is 13.7. The van der Waals surface area contributed by atoms with Gasteiger partial charge in [0.1, 0.15) is 12.0 Å². The van der Waals surface area contributed by atoms with Crippen molar-refractivity contribution >= 4 is 17.3 Å². The molecule has 0 atom stereocenters. The molecular weight excluding hydrogens is 274 g/mol. The highest BCUT2D eigenvalue weighted by Crippen LogP contribution is 2.31. The number of aromatic nitrogens is 2. The minimum absolute atomic E-state index is 0.508.